The molecule has 1 heterocycles. The van der Waals surface area contributed by atoms with Crippen LogP contribution in [-0.4, -0.2) is 32.1 Å². The molecule has 1 aromatic rings. The lowest BCUT2D eigenvalue weighted by molar-refractivity contribution is -0.121. The number of hydrogen-bond donors (Lipinski definition) is 1. The Bertz CT molecular complexity index is 418. The van der Waals surface area contributed by atoms with Crippen LogP contribution in [-0.2, 0) is 4.79 Å². The number of rotatable bonds is 4. The number of benzene rings is 1. The topological polar surface area (TPSA) is 41.6 Å². The van der Waals surface area contributed by atoms with Crippen LogP contribution in [0.1, 0.15) is 19.8 Å². The van der Waals surface area contributed by atoms with Crippen molar-refractivity contribution in [2.45, 2.75) is 25.8 Å². The van der Waals surface area contributed by atoms with Gasteiger partial charge in [0.05, 0.1) is 13.2 Å². The zero-order chi connectivity index (χ0) is 13.0. The molecule has 1 fully saturated rings. The van der Waals surface area contributed by atoms with E-state index in [-0.39, 0.29) is 11.9 Å². The van der Waals surface area contributed by atoms with Crippen molar-refractivity contribution < 1.29 is 9.53 Å². The molecule has 18 heavy (non-hydrogen) atoms. The molecule has 1 atom stereocenters. The number of methoxy groups -OCH3 is 1. The van der Waals surface area contributed by atoms with E-state index in [0.29, 0.717) is 0 Å². The Morgan fingerprint density at radius 2 is 2.33 bits per heavy atom. The molecular weight excluding hydrogens is 228 g/mol. The van der Waals surface area contributed by atoms with Gasteiger partial charge in [-0.1, -0.05) is 13.0 Å². The molecule has 98 valence electrons. The number of amides is 1. The van der Waals surface area contributed by atoms with Crippen LogP contribution in [0.2, 0.25) is 0 Å². The SMILES string of the molecule is CCNC1CCCN(c2cccc(OC)c2)C1=O. The Morgan fingerprint density at radius 1 is 1.50 bits per heavy atom. The lowest BCUT2D eigenvalue weighted by Crippen LogP contribution is -2.50. The Labute approximate surface area is 108 Å². The van der Waals surface area contributed by atoms with E-state index >= 15 is 0 Å². The van der Waals surface area contributed by atoms with Gasteiger partial charge in [0, 0.05) is 18.3 Å². The Balaban J connectivity index is 2.18. The first-order valence-electron chi connectivity index (χ1n) is 6.45. The summed E-state index contributed by atoms with van der Waals surface area (Å²) in [5.41, 5.74) is 0.918. The number of piperidine rings is 1. The molecule has 0 spiro atoms. The average Bonchev–Trinajstić information content (AvgIpc) is 2.41. The number of carbonyl (C=O) groups is 1. The molecule has 2 rings (SSSR count). The minimum atomic E-state index is -0.0463. The summed E-state index contributed by atoms with van der Waals surface area (Å²) in [4.78, 5) is 14.2. The zero-order valence-corrected chi connectivity index (χ0v) is 11.0. The smallest absolute Gasteiger partial charge is 0.244 e. The predicted molar refractivity (Wildman–Crippen MR) is 72.0 cm³/mol. The number of anilines is 1. The Kier molecular flexibility index (Phi) is 4.20. The standard InChI is InChI=1S/C14H20N2O2/c1-3-15-13-8-5-9-16(14(13)17)11-6-4-7-12(10-11)18-2/h4,6-7,10,13,15H,3,5,8-9H2,1-2H3. The molecular formula is C14H20N2O2. The molecule has 1 N–H and O–H groups in total. The minimum Gasteiger partial charge on any atom is -0.497 e. The van der Waals surface area contributed by atoms with Crippen molar-refractivity contribution in [1.82, 2.24) is 5.32 Å². The molecule has 1 aliphatic heterocycles. The molecule has 4 heteroatoms. The lowest BCUT2D eigenvalue weighted by Gasteiger charge is -2.32. The minimum absolute atomic E-state index is 0.0463. The van der Waals surface area contributed by atoms with Crippen molar-refractivity contribution >= 4 is 11.6 Å². The number of carbonyl (C=O) groups excluding carboxylic acids is 1. The van der Waals surface area contributed by atoms with Crippen molar-refractivity contribution in [3.8, 4) is 5.75 Å². The van der Waals surface area contributed by atoms with Gasteiger partial charge in [0.2, 0.25) is 5.91 Å². The molecule has 0 bridgehead atoms. The van der Waals surface area contributed by atoms with Crippen molar-refractivity contribution in [1.29, 1.82) is 0 Å². The summed E-state index contributed by atoms with van der Waals surface area (Å²) >= 11 is 0. The van der Waals surface area contributed by atoms with Crippen molar-refractivity contribution in [3.63, 3.8) is 0 Å². The third-order valence-corrected chi connectivity index (χ3v) is 3.25. The second-order valence-corrected chi connectivity index (χ2v) is 4.44. The molecule has 1 saturated heterocycles. The first-order valence-corrected chi connectivity index (χ1v) is 6.45. The summed E-state index contributed by atoms with van der Waals surface area (Å²) in [7, 11) is 1.64. The summed E-state index contributed by atoms with van der Waals surface area (Å²) < 4.78 is 5.20. The third-order valence-electron chi connectivity index (χ3n) is 3.25. The highest BCUT2D eigenvalue weighted by molar-refractivity contribution is 5.98. The summed E-state index contributed by atoms with van der Waals surface area (Å²) in [6.07, 6.45) is 1.95. The highest BCUT2D eigenvalue weighted by atomic mass is 16.5. The van der Waals surface area contributed by atoms with Crippen LogP contribution >= 0.6 is 0 Å². The second-order valence-electron chi connectivity index (χ2n) is 4.44. The maximum atomic E-state index is 12.3. The van der Waals surface area contributed by atoms with Crippen LogP contribution in [0.25, 0.3) is 0 Å². The molecule has 4 nitrogen and oxygen atoms in total. The average molecular weight is 248 g/mol. The van der Waals surface area contributed by atoms with Crippen molar-refractivity contribution in [2.75, 3.05) is 25.1 Å². The number of hydrogen-bond acceptors (Lipinski definition) is 3. The normalized spacial score (nSPS) is 20.0. The van der Waals surface area contributed by atoms with Crippen LogP contribution in [0.3, 0.4) is 0 Å². The van der Waals surface area contributed by atoms with Gasteiger partial charge in [0.1, 0.15) is 5.75 Å². The van der Waals surface area contributed by atoms with Gasteiger partial charge in [0.25, 0.3) is 0 Å². The summed E-state index contributed by atoms with van der Waals surface area (Å²) in [5.74, 6) is 0.947. The van der Waals surface area contributed by atoms with Gasteiger partial charge in [-0.15, -0.1) is 0 Å². The van der Waals surface area contributed by atoms with Gasteiger partial charge in [-0.2, -0.15) is 0 Å². The van der Waals surface area contributed by atoms with E-state index in [2.05, 4.69) is 5.32 Å². The van der Waals surface area contributed by atoms with Gasteiger partial charge in [-0.3, -0.25) is 4.79 Å². The maximum absolute atomic E-state index is 12.3. The molecule has 1 aliphatic rings. The number of ether oxygens (including phenoxy) is 1. The maximum Gasteiger partial charge on any atom is 0.244 e. The van der Waals surface area contributed by atoms with Gasteiger partial charge in [-0.05, 0) is 31.5 Å². The van der Waals surface area contributed by atoms with Crippen LogP contribution in [0.5, 0.6) is 5.75 Å². The van der Waals surface area contributed by atoms with E-state index < -0.39 is 0 Å². The largest absolute Gasteiger partial charge is 0.497 e. The molecule has 0 saturated carbocycles. The van der Waals surface area contributed by atoms with E-state index in [0.717, 1.165) is 37.4 Å². The van der Waals surface area contributed by atoms with E-state index in [9.17, 15) is 4.79 Å². The van der Waals surface area contributed by atoms with Gasteiger partial charge < -0.3 is 15.0 Å². The van der Waals surface area contributed by atoms with Crippen LogP contribution in [0.4, 0.5) is 5.69 Å². The Morgan fingerprint density at radius 3 is 3.06 bits per heavy atom. The summed E-state index contributed by atoms with van der Waals surface area (Å²) in [6, 6.07) is 7.62. The fraction of sp³-hybridized carbons (Fsp3) is 0.500. The van der Waals surface area contributed by atoms with E-state index in [1.807, 2.05) is 36.1 Å². The molecule has 0 radical (unpaired) electrons. The molecule has 1 unspecified atom stereocenters. The van der Waals surface area contributed by atoms with Crippen LogP contribution < -0.4 is 15.0 Å². The highest BCUT2D eigenvalue weighted by Crippen LogP contribution is 2.24. The fourth-order valence-corrected chi connectivity index (χ4v) is 2.35. The zero-order valence-electron chi connectivity index (χ0n) is 11.0. The third kappa shape index (κ3) is 2.64. The quantitative estimate of drug-likeness (QED) is 0.883. The predicted octanol–water partition coefficient (Wildman–Crippen LogP) is 1.80. The van der Waals surface area contributed by atoms with Crippen LogP contribution in [0.15, 0.2) is 24.3 Å². The Hall–Kier alpha value is -1.55. The summed E-state index contributed by atoms with van der Waals surface area (Å²) in [5, 5.41) is 3.24. The lowest BCUT2D eigenvalue weighted by atomic mass is 10.0. The number of likely N-dealkylation sites (N-methyl/N-ethyl adjacent to an activating group) is 1. The fourth-order valence-electron chi connectivity index (χ4n) is 2.35. The highest BCUT2D eigenvalue weighted by Gasteiger charge is 2.28. The van der Waals surface area contributed by atoms with Crippen molar-refractivity contribution in [3.05, 3.63) is 24.3 Å². The van der Waals surface area contributed by atoms with E-state index in [1.54, 1.807) is 7.11 Å². The monoisotopic (exact) mass is 248 g/mol. The number of nitrogens with zero attached hydrogens (tertiary/aromatic N) is 1. The van der Waals surface area contributed by atoms with Crippen LogP contribution in [0, 0.1) is 0 Å². The molecule has 1 aromatic carbocycles. The second kappa shape index (κ2) is 5.87. The van der Waals surface area contributed by atoms with Gasteiger partial charge in [-0.25, -0.2) is 0 Å². The van der Waals surface area contributed by atoms with Gasteiger partial charge >= 0.3 is 0 Å². The van der Waals surface area contributed by atoms with E-state index in [4.69, 9.17) is 4.74 Å². The first-order chi connectivity index (χ1) is 8.76. The molecule has 1 amide bonds. The summed E-state index contributed by atoms with van der Waals surface area (Å²) in [6.45, 7) is 3.63. The molecule has 0 aromatic heterocycles. The van der Waals surface area contributed by atoms with Gasteiger partial charge in [0.15, 0.2) is 0 Å². The number of nitrogens with one attached hydrogen (secondary N) is 1. The molecule has 0 aliphatic carbocycles. The van der Waals surface area contributed by atoms with E-state index in [1.165, 1.54) is 0 Å². The first kappa shape index (κ1) is 12.9. The van der Waals surface area contributed by atoms with Crippen molar-refractivity contribution in [2.24, 2.45) is 0 Å².